The molecule has 8 nitrogen and oxygen atoms in total. The molecule has 0 aliphatic heterocycles. The van der Waals surface area contributed by atoms with Crippen LogP contribution in [0.3, 0.4) is 0 Å². The van der Waals surface area contributed by atoms with Crippen LogP contribution in [-0.2, 0) is 0 Å². The number of nitrogen functional groups attached to an aromatic ring is 1. The molecular formula is C22H15FN8. The monoisotopic (exact) mass is 410 g/mol. The van der Waals surface area contributed by atoms with Crippen LogP contribution in [0.25, 0.3) is 33.2 Å². The Morgan fingerprint density at radius 1 is 1.13 bits per heavy atom. The van der Waals surface area contributed by atoms with E-state index in [4.69, 9.17) is 10.7 Å². The lowest BCUT2D eigenvalue weighted by molar-refractivity contribution is 0.566. The number of anilines is 1. The first kappa shape index (κ1) is 18.6. The molecule has 0 fully saturated rings. The van der Waals surface area contributed by atoms with Gasteiger partial charge in [-0.2, -0.15) is 10.4 Å². The van der Waals surface area contributed by atoms with Gasteiger partial charge in [-0.1, -0.05) is 6.07 Å². The molecule has 1 aromatic carbocycles. The van der Waals surface area contributed by atoms with E-state index in [1.54, 1.807) is 16.9 Å². The summed E-state index contributed by atoms with van der Waals surface area (Å²) in [4.78, 5) is 17.5. The third kappa shape index (κ3) is 3.02. The Balaban J connectivity index is 1.79. The molecule has 1 unspecified atom stereocenters. The van der Waals surface area contributed by atoms with Gasteiger partial charge in [0.05, 0.1) is 28.3 Å². The summed E-state index contributed by atoms with van der Waals surface area (Å²) >= 11 is 0. The fraction of sp³-hybridized carbons (Fsp3) is 0.0909. The summed E-state index contributed by atoms with van der Waals surface area (Å²) in [5.41, 5.74) is 9.26. The summed E-state index contributed by atoms with van der Waals surface area (Å²) in [7, 11) is 0. The van der Waals surface area contributed by atoms with E-state index in [0.717, 1.165) is 5.56 Å². The zero-order valence-electron chi connectivity index (χ0n) is 16.4. The predicted octanol–water partition coefficient (Wildman–Crippen LogP) is 3.64. The van der Waals surface area contributed by atoms with Crippen LogP contribution in [0.4, 0.5) is 10.2 Å². The molecule has 4 aromatic heterocycles. The lowest BCUT2D eigenvalue weighted by Gasteiger charge is -2.17. The van der Waals surface area contributed by atoms with E-state index in [0.29, 0.717) is 33.3 Å². The molecule has 0 bridgehead atoms. The molecule has 9 heteroatoms. The molecule has 0 amide bonds. The summed E-state index contributed by atoms with van der Waals surface area (Å²) in [6.07, 6.45) is 3.02. The number of benzene rings is 1. The van der Waals surface area contributed by atoms with E-state index in [1.807, 2.05) is 31.2 Å². The van der Waals surface area contributed by atoms with Crippen LogP contribution in [0.1, 0.15) is 24.4 Å². The quantitative estimate of drug-likeness (QED) is 0.482. The van der Waals surface area contributed by atoms with Crippen LogP contribution >= 0.6 is 0 Å². The molecule has 31 heavy (non-hydrogen) atoms. The molecule has 0 aliphatic rings. The lowest BCUT2D eigenvalue weighted by Crippen LogP contribution is -2.13. The minimum absolute atomic E-state index is 0.141. The normalized spacial score (nSPS) is 12.2. The van der Waals surface area contributed by atoms with Gasteiger partial charge in [0.1, 0.15) is 24.0 Å². The van der Waals surface area contributed by atoms with Crippen molar-refractivity contribution >= 4 is 27.8 Å². The number of pyridine rings is 2. The minimum Gasteiger partial charge on any atom is -0.383 e. The molecule has 0 spiro atoms. The van der Waals surface area contributed by atoms with Gasteiger partial charge in [-0.15, -0.1) is 0 Å². The van der Waals surface area contributed by atoms with Gasteiger partial charge in [-0.3, -0.25) is 4.98 Å². The second-order valence-corrected chi connectivity index (χ2v) is 7.01. The molecular weight excluding hydrogens is 395 g/mol. The van der Waals surface area contributed by atoms with Gasteiger partial charge in [0.15, 0.2) is 11.3 Å². The number of fused-ring (bicyclic) bond motifs is 2. The number of aromatic nitrogens is 6. The van der Waals surface area contributed by atoms with E-state index in [2.05, 4.69) is 26.1 Å². The minimum atomic E-state index is -0.426. The number of hydrogen-bond donors (Lipinski definition) is 1. The van der Waals surface area contributed by atoms with Crippen molar-refractivity contribution in [2.24, 2.45) is 0 Å². The molecule has 0 radical (unpaired) electrons. The molecule has 5 rings (SSSR count). The van der Waals surface area contributed by atoms with Crippen LogP contribution in [0.15, 0.2) is 55.0 Å². The van der Waals surface area contributed by atoms with Crippen molar-refractivity contribution in [2.45, 2.75) is 13.0 Å². The Bertz CT molecular complexity index is 1490. The third-order valence-corrected chi connectivity index (χ3v) is 5.13. The Hall–Kier alpha value is -4.45. The molecule has 5 aromatic rings. The number of hydrogen-bond acceptors (Lipinski definition) is 7. The second kappa shape index (κ2) is 7.11. The maximum absolute atomic E-state index is 13.8. The van der Waals surface area contributed by atoms with Crippen molar-refractivity contribution in [3.8, 4) is 17.3 Å². The van der Waals surface area contributed by atoms with Crippen LogP contribution in [0, 0.1) is 17.1 Å². The van der Waals surface area contributed by atoms with Crippen molar-refractivity contribution in [1.82, 2.24) is 29.7 Å². The van der Waals surface area contributed by atoms with Crippen molar-refractivity contribution in [3.05, 3.63) is 72.2 Å². The summed E-state index contributed by atoms with van der Waals surface area (Å²) in [5, 5.41) is 15.0. The Morgan fingerprint density at radius 2 is 2.00 bits per heavy atom. The van der Waals surface area contributed by atoms with E-state index in [9.17, 15) is 9.65 Å². The lowest BCUT2D eigenvalue weighted by atomic mass is 10.0. The molecule has 2 N–H and O–H groups in total. The third-order valence-electron chi connectivity index (χ3n) is 5.13. The Labute approximate surface area is 175 Å². The largest absolute Gasteiger partial charge is 0.383 e. The first-order valence-electron chi connectivity index (χ1n) is 9.47. The molecule has 0 saturated carbocycles. The van der Waals surface area contributed by atoms with E-state index in [1.165, 1.54) is 18.5 Å². The Kier molecular flexibility index (Phi) is 4.26. The Morgan fingerprint density at radius 3 is 2.77 bits per heavy atom. The van der Waals surface area contributed by atoms with Gasteiger partial charge in [-0.25, -0.2) is 24.0 Å². The summed E-state index contributed by atoms with van der Waals surface area (Å²) < 4.78 is 15.4. The van der Waals surface area contributed by atoms with Crippen molar-refractivity contribution in [3.63, 3.8) is 0 Å². The topological polar surface area (TPSA) is 119 Å². The van der Waals surface area contributed by atoms with Gasteiger partial charge >= 0.3 is 0 Å². The molecule has 0 saturated heterocycles. The highest BCUT2D eigenvalue weighted by Crippen LogP contribution is 2.33. The van der Waals surface area contributed by atoms with Gasteiger partial charge in [0, 0.05) is 17.1 Å². The fourth-order valence-corrected chi connectivity index (χ4v) is 3.67. The number of nitrogens with zero attached hydrogens (tertiary/aromatic N) is 7. The first-order valence-corrected chi connectivity index (χ1v) is 9.47. The van der Waals surface area contributed by atoms with Crippen molar-refractivity contribution < 1.29 is 4.39 Å². The van der Waals surface area contributed by atoms with Crippen LogP contribution in [-0.4, -0.2) is 29.7 Å². The number of rotatable bonds is 3. The van der Waals surface area contributed by atoms with Crippen molar-refractivity contribution in [2.75, 3.05) is 5.73 Å². The van der Waals surface area contributed by atoms with E-state index in [-0.39, 0.29) is 17.3 Å². The van der Waals surface area contributed by atoms with Crippen LogP contribution in [0.5, 0.6) is 0 Å². The highest BCUT2D eigenvalue weighted by molar-refractivity contribution is 5.90. The summed E-state index contributed by atoms with van der Waals surface area (Å²) in [6, 6.07) is 13.5. The second-order valence-electron chi connectivity index (χ2n) is 7.01. The van der Waals surface area contributed by atoms with Crippen molar-refractivity contribution in [1.29, 1.82) is 5.26 Å². The zero-order chi connectivity index (χ0) is 21.5. The standard InChI is InChI=1S/C22H15FN8/c1-12(31-22-19(18(10-24)30-31)21(25)27-11-28-22)20-15(17-4-2-3-7-26-17)9-13-8-14(23)5-6-16(13)29-20/h2-9,11-12H,1H3,(H2,25,27,28). The zero-order valence-corrected chi connectivity index (χ0v) is 16.4. The highest BCUT2D eigenvalue weighted by atomic mass is 19.1. The average Bonchev–Trinajstić information content (AvgIpc) is 3.18. The summed E-state index contributed by atoms with van der Waals surface area (Å²) in [5.74, 6) is -0.155. The molecule has 1 atom stereocenters. The van der Waals surface area contributed by atoms with Gasteiger partial charge in [-0.05, 0) is 43.3 Å². The number of halogens is 1. The fourth-order valence-electron chi connectivity index (χ4n) is 3.67. The average molecular weight is 410 g/mol. The maximum atomic E-state index is 13.8. The highest BCUT2D eigenvalue weighted by Gasteiger charge is 2.24. The molecule has 150 valence electrons. The number of nitrogens with two attached hydrogens (primary N) is 1. The van der Waals surface area contributed by atoms with E-state index < -0.39 is 6.04 Å². The summed E-state index contributed by atoms with van der Waals surface area (Å²) in [6.45, 7) is 1.90. The predicted molar refractivity (Wildman–Crippen MR) is 113 cm³/mol. The van der Waals surface area contributed by atoms with Crippen LogP contribution in [0.2, 0.25) is 0 Å². The molecule has 4 heterocycles. The number of nitriles is 1. The van der Waals surface area contributed by atoms with Gasteiger partial charge in [0.25, 0.3) is 0 Å². The SMILES string of the molecule is CC(c1nc2ccc(F)cc2cc1-c1ccccn1)n1nc(C#N)c2c(N)ncnc21. The van der Waals surface area contributed by atoms with Gasteiger partial charge in [0.2, 0.25) is 0 Å². The molecule has 0 aliphatic carbocycles. The smallest absolute Gasteiger partial charge is 0.175 e. The van der Waals surface area contributed by atoms with Crippen LogP contribution < -0.4 is 5.73 Å². The maximum Gasteiger partial charge on any atom is 0.175 e. The van der Waals surface area contributed by atoms with E-state index >= 15 is 0 Å². The first-order chi connectivity index (χ1) is 15.1. The van der Waals surface area contributed by atoms with Gasteiger partial charge < -0.3 is 5.73 Å².